The lowest BCUT2D eigenvalue weighted by atomic mass is 9.85. The fraction of sp³-hybridized carbons (Fsp3) is 0.607. The van der Waals surface area contributed by atoms with Gasteiger partial charge in [-0.3, -0.25) is 9.78 Å². The molecule has 1 saturated heterocycles. The van der Waals surface area contributed by atoms with Crippen molar-refractivity contribution in [1.82, 2.24) is 15.2 Å². The maximum absolute atomic E-state index is 12.3. The van der Waals surface area contributed by atoms with E-state index in [0.717, 1.165) is 79.2 Å². The summed E-state index contributed by atoms with van der Waals surface area (Å²) >= 11 is 3.56. The van der Waals surface area contributed by atoms with Gasteiger partial charge in [0.15, 0.2) is 5.78 Å². The van der Waals surface area contributed by atoms with Gasteiger partial charge in [-0.1, -0.05) is 15.9 Å². The first kappa shape index (κ1) is 26.9. The van der Waals surface area contributed by atoms with Crippen molar-refractivity contribution in [3.05, 3.63) is 34.4 Å². The number of hydrogen-bond acceptors (Lipinski definition) is 6. The summed E-state index contributed by atoms with van der Waals surface area (Å²) in [4.78, 5) is 31.5. The molecule has 0 bridgehead atoms. The number of carbonyl (C=O) groups excluding carboxylic acids is 2. The molecule has 0 spiro atoms. The van der Waals surface area contributed by atoms with Gasteiger partial charge in [-0.05, 0) is 96.9 Å². The fourth-order valence-electron chi connectivity index (χ4n) is 5.46. The van der Waals surface area contributed by atoms with Crippen LogP contribution in [0.25, 0.3) is 10.9 Å². The van der Waals surface area contributed by atoms with Gasteiger partial charge in [-0.25, -0.2) is 4.79 Å². The second-order valence-corrected chi connectivity index (χ2v) is 12.3. The zero-order valence-corrected chi connectivity index (χ0v) is 23.5. The van der Waals surface area contributed by atoms with Gasteiger partial charge < -0.3 is 20.3 Å². The highest BCUT2D eigenvalue weighted by atomic mass is 79.9. The van der Waals surface area contributed by atoms with Crippen molar-refractivity contribution in [2.45, 2.75) is 83.9 Å². The molecule has 1 aliphatic carbocycles. The van der Waals surface area contributed by atoms with Crippen LogP contribution in [-0.4, -0.2) is 59.1 Å². The molecule has 2 aliphatic rings. The lowest BCUT2D eigenvalue weighted by Crippen LogP contribution is -2.50. The second kappa shape index (κ2) is 11.5. The standard InChI is InChI=1S/C28H39BrN4O3/c1-18(34)24-15-30-25-12-9-20(29)14-23(25)26(24)31-21-10-7-19(8-11-21)16-33-13-5-6-22(17-33)32-27(35)36-28(2,3)4/h9,12,14-15,19,21-22H,5-8,10-11,13,16-17H2,1-4H3,(H,30,31)(H,32,35). The lowest BCUT2D eigenvalue weighted by Gasteiger charge is -2.38. The molecule has 8 heteroatoms. The first-order valence-corrected chi connectivity index (χ1v) is 13.9. The van der Waals surface area contributed by atoms with Crippen LogP contribution in [0.1, 0.15) is 76.6 Å². The predicted molar refractivity (Wildman–Crippen MR) is 148 cm³/mol. The molecular weight excluding hydrogens is 520 g/mol. The first-order valence-electron chi connectivity index (χ1n) is 13.1. The van der Waals surface area contributed by atoms with Crippen LogP contribution in [0.4, 0.5) is 10.5 Å². The van der Waals surface area contributed by atoms with E-state index in [0.29, 0.717) is 17.5 Å². The molecule has 0 radical (unpaired) electrons. The molecule has 1 saturated carbocycles. The first-order chi connectivity index (χ1) is 17.1. The number of halogens is 1. The number of hydrogen-bond donors (Lipinski definition) is 2. The molecule has 36 heavy (non-hydrogen) atoms. The number of benzene rings is 1. The molecule has 1 atom stereocenters. The second-order valence-electron chi connectivity index (χ2n) is 11.4. The Balaban J connectivity index is 1.31. The summed E-state index contributed by atoms with van der Waals surface area (Å²) in [5.74, 6) is 0.680. The van der Waals surface area contributed by atoms with E-state index < -0.39 is 5.60 Å². The number of amides is 1. The monoisotopic (exact) mass is 558 g/mol. The average Bonchev–Trinajstić information content (AvgIpc) is 2.79. The number of nitrogens with zero attached hydrogens (tertiary/aromatic N) is 2. The number of Topliss-reactive ketones (excluding diaryl/α,β-unsaturated/α-hetero) is 1. The Hall–Kier alpha value is -2.19. The van der Waals surface area contributed by atoms with Crippen molar-refractivity contribution < 1.29 is 14.3 Å². The molecule has 1 aromatic heterocycles. The number of ether oxygens (including phenoxy) is 1. The molecule has 2 aromatic rings. The van der Waals surface area contributed by atoms with Gasteiger partial charge in [-0.2, -0.15) is 0 Å². The smallest absolute Gasteiger partial charge is 0.407 e. The number of piperidine rings is 1. The number of anilines is 1. The Kier molecular flexibility index (Phi) is 8.56. The molecule has 2 N–H and O–H groups in total. The van der Waals surface area contributed by atoms with Crippen molar-refractivity contribution in [2.24, 2.45) is 5.92 Å². The lowest BCUT2D eigenvalue weighted by molar-refractivity contribution is 0.0464. The summed E-state index contributed by atoms with van der Waals surface area (Å²) in [6, 6.07) is 6.49. The predicted octanol–water partition coefficient (Wildman–Crippen LogP) is 6.16. The van der Waals surface area contributed by atoms with Crippen molar-refractivity contribution in [2.75, 3.05) is 25.0 Å². The van der Waals surface area contributed by atoms with Crippen molar-refractivity contribution in [3.63, 3.8) is 0 Å². The van der Waals surface area contributed by atoms with E-state index in [-0.39, 0.29) is 17.9 Å². The maximum Gasteiger partial charge on any atom is 0.407 e. The molecule has 1 amide bonds. The average molecular weight is 560 g/mol. The quantitative estimate of drug-likeness (QED) is 0.413. The van der Waals surface area contributed by atoms with E-state index in [4.69, 9.17) is 4.74 Å². The molecule has 1 aliphatic heterocycles. The molecule has 1 unspecified atom stereocenters. The van der Waals surface area contributed by atoms with Gasteiger partial charge in [0.1, 0.15) is 5.60 Å². The van der Waals surface area contributed by atoms with E-state index in [1.165, 1.54) is 0 Å². The summed E-state index contributed by atoms with van der Waals surface area (Å²) in [7, 11) is 0. The molecular formula is C28H39BrN4O3. The normalized spacial score (nSPS) is 23.3. The number of pyridine rings is 1. The summed E-state index contributed by atoms with van der Waals surface area (Å²) in [6.07, 6.45) is 7.93. The van der Waals surface area contributed by atoms with Gasteiger partial charge in [0.05, 0.1) is 16.8 Å². The number of carbonyl (C=O) groups is 2. The third kappa shape index (κ3) is 7.19. The highest BCUT2D eigenvalue weighted by Crippen LogP contribution is 2.33. The van der Waals surface area contributed by atoms with Crippen LogP contribution in [-0.2, 0) is 4.74 Å². The number of nitrogens with one attached hydrogen (secondary N) is 2. The van der Waals surface area contributed by atoms with Crippen molar-refractivity contribution >= 4 is 44.4 Å². The SMILES string of the molecule is CC(=O)c1cnc2ccc(Br)cc2c1NC1CCC(CN2CCCC(NC(=O)OC(C)(C)C)C2)CC1. The Morgan fingerprint density at radius 2 is 1.89 bits per heavy atom. The highest BCUT2D eigenvalue weighted by Gasteiger charge is 2.28. The van der Waals surface area contributed by atoms with Crippen LogP contribution in [0.3, 0.4) is 0 Å². The molecule has 2 heterocycles. The largest absolute Gasteiger partial charge is 0.444 e. The summed E-state index contributed by atoms with van der Waals surface area (Å²) in [6.45, 7) is 10.3. The van der Waals surface area contributed by atoms with E-state index in [1.54, 1.807) is 13.1 Å². The molecule has 1 aromatic carbocycles. The summed E-state index contributed by atoms with van der Waals surface area (Å²) < 4.78 is 6.42. The minimum Gasteiger partial charge on any atom is -0.444 e. The Morgan fingerprint density at radius 1 is 1.14 bits per heavy atom. The van der Waals surface area contributed by atoms with Crippen LogP contribution in [0.5, 0.6) is 0 Å². The van der Waals surface area contributed by atoms with E-state index in [1.807, 2.05) is 39.0 Å². The molecule has 2 fully saturated rings. The van der Waals surface area contributed by atoms with E-state index >= 15 is 0 Å². The van der Waals surface area contributed by atoms with Crippen LogP contribution >= 0.6 is 15.9 Å². The van der Waals surface area contributed by atoms with Crippen molar-refractivity contribution in [1.29, 1.82) is 0 Å². The minimum atomic E-state index is -0.477. The number of ketones is 1. The van der Waals surface area contributed by atoms with Gasteiger partial charge in [0, 0.05) is 41.2 Å². The third-order valence-electron chi connectivity index (χ3n) is 7.15. The number of rotatable bonds is 6. The molecule has 196 valence electrons. The van der Waals surface area contributed by atoms with Crippen LogP contribution in [0.15, 0.2) is 28.9 Å². The highest BCUT2D eigenvalue weighted by molar-refractivity contribution is 9.10. The number of fused-ring (bicyclic) bond motifs is 1. The minimum absolute atomic E-state index is 0.0280. The zero-order valence-electron chi connectivity index (χ0n) is 21.9. The Bertz CT molecular complexity index is 1090. The fourth-order valence-corrected chi connectivity index (χ4v) is 5.82. The van der Waals surface area contributed by atoms with Gasteiger partial charge in [0.25, 0.3) is 0 Å². The van der Waals surface area contributed by atoms with Gasteiger partial charge in [-0.15, -0.1) is 0 Å². The number of alkyl carbamates (subject to hydrolysis) is 1. The zero-order chi connectivity index (χ0) is 25.9. The van der Waals surface area contributed by atoms with E-state index in [2.05, 4.69) is 36.4 Å². The van der Waals surface area contributed by atoms with Gasteiger partial charge >= 0.3 is 6.09 Å². The van der Waals surface area contributed by atoms with Gasteiger partial charge in [0.2, 0.25) is 0 Å². The Morgan fingerprint density at radius 3 is 2.58 bits per heavy atom. The van der Waals surface area contributed by atoms with E-state index in [9.17, 15) is 9.59 Å². The summed E-state index contributed by atoms with van der Waals surface area (Å²) in [5, 5.41) is 7.76. The van der Waals surface area contributed by atoms with Crippen LogP contribution < -0.4 is 10.6 Å². The topological polar surface area (TPSA) is 83.6 Å². The van der Waals surface area contributed by atoms with Crippen LogP contribution in [0.2, 0.25) is 0 Å². The van der Waals surface area contributed by atoms with Crippen LogP contribution in [0, 0.1) is 5.92 Å². The maximum atomic E-state index is 12.3. The Labute approximate surface area is 222 Å². The number of likely N-dealkylation sites (tertiary alicyclic amines) is 1. The summed E-state index contributed by atoms with van der Waals surface area (Å²) in [5.41, 5.74) is 1.97. The number of aromatic nitrogens is 1. The molecule has 4 rings (SSSR count). The molecule has 7 nitrogen and oxygen atoms in total. The van der Waals surface area contributed by atoms with Crippen molar-refractivity contribution in [3.8, 4) is 0 Å². The third-order valence-corrected chi connectivity index (χ3v) is 7.64.